The third kappa shape index (κ3) is 3.97. The summed E-state index contributed by atoms with van der Waals surface area (Å²) in [6, 6.07) is 19.9. The average molecular weight is 390 g/mol. The first-order chi connectivity index (χ1) is 13.6. The Bertz CT molecular complexity index is 1120. The molecule has 0 radical (unpaired) electrons. The van der Waals surface area contributed by atoms with Gasteiger partial charge in [-0.25, -0.2) is 4.98 Å². The van der Waals surface area contributed by atoms with Crippen molar-refractivity contribution in [2.24, 2.45) is 7.05 Å². The number of rotatable bonds is 6. The van der Waals surface area contributed by atoms with Crippen LogP contribution in [0.2, 0.25) is 5.02 Å². The molecule has 0 amide bonds. The summed E-state index contributed by atoms with van der Waals surface area (Å²) in [5.74, 6) is 0.541. The Balaban J connectivity index is 1.64. The fourth-order valence-electron chi connectivity index (χ4n) is 3.48. The van der Waals surface area contributed by atoms with Crippen LogP contribution >= 0.6 is 11.6 Å². The highest BCUT2D eigenvalue weighted by atomic mass is 35.5. The van der Waals surface area contributed by atoms with Gasteiger partial charge in [-0.15, -0.1) is 0 Å². The van der Waals surface area contributed by atoms with Crippen LogP contribution in [0.25, 0.3) is 10.9 Å². The Morgan fingerprint density at radius 2 is 1.89 bits per heavy atom. The van der Waals surface area contributed by atoms with Crippen LogP contribution in [0.1, 0.15) is 34.2 Å². The molecule has 5 heteroatoms. The van der Waals surface area contributed by atoms with Crippen LogP contribution in [0, 0.1) is 0 Å². The summed E-state index contributed by atoms with van der Waals surface area (Å²) in [5.41, 5.74) is 2.93. The van der Waals surface area contributed by atoms with Crippen molar-refractivity contribution in [3.63, 3.8) is 0 Å². The lowest BCUT2D eigenvalue weighted by Crippen LogP contribution is -2.14. The third-order valence-corrected chi connectivity index (χ3v) is 5.18. The molecule has 2 heterocycles. The molecule has 4 aromatic rings. The Kier molecular flexibility index (Phi) is 5.22. The quantitative estimate of drug-likeness (QED) is 0.425. The van der Waals surface area contributed by atoms with Crippen molar-refractivity contribution in [2.45, 2.75) is 18.8 Å². The zero-order chi connectivity index (χ0) is 19.5. The molecule has 2 aromatic carbocycles. The molecule has 140 valence electrons. The second-order valence-corrected chi connectivity index (χ2v) is 7.38. The van der Waals surface area contributed by atoms with Gasteiger partial charge < -0.3 is 4.57 Å². The lowest BCUT2D eigenvalue weighted by Gasteiger charge is -2.17. The molecule has 0 N–H and O–H groups in total. The van der Waals surface area contributed by atoms with Gasteiger partial charge in [0.25, 0.3) is 0 Å². The predicted molar refractivity (Wildman–Crippen MR) is 112 cm³/mol. The van der Waals surface area contributed by atoms with Crippen LogP contribution in [0.4, 0.5) is 0 Å². The molecule has 4 nitrogen and oxygen atoms in total. The van der Waals surface area contributed by atoms with E-state index < -0.39 is 0 Å². The number of halogens is 1. The summed E-state index contributed by atoms with van der Waals surface area (Å²) in [5, 5.41) is 1.72. The predicted octanol–water partition coefficient (Wildman–Crippen LogP) is 5.22. The van der Waals surface area contributed by atoms with Gasteiger partial charge in [0.05, 0.1) is 5.52 Å². The van der Waals surface area contributed by atoms with Gasteiger partial charge in [0, 0.05) is 42.0 Å². The number of carbonyl (C=O) groups excluding carboxylic acids is 1. The van der Waals surface area contributed by atoms with Crippen molar-refractivity contribution in [3.8, 4) is 0 Å². The highest BCUT2D eigenvalue weighted by molar-refractivity contribution is 6.31. The number of imidazole rings is 1. The maximum atomic E-state index is 12.8. The molecule has 0 bridgehead atoms. The zero-order valence-electron chi connectivity index (χ0n) is 15.5. The summed E-state index contributed by atoms with van der Waals surface area (Å²) in [6.07, 6.45) is 4.49. The molecule has 0 saturated carbocycles. The van der Waals surface area contributed by atoms with E-state index in [2.05, 4.69) is 23.2 Å². The highest BCUT2D eigenvalue weighted by Gasteiger charge is 2.21. The van der Waals surface area contributed by atoms with Crippen LogP contribution in [-0.4, -0.2) is 20.3 Å². The van der Waals surface area contributed by atoms with E-state index in [9.17, 15) is 4.79 Å². The first-order valence-corrected chi connectivity index (χ1v) is 9.58. The number of nitrogens with zero attached hydrogens (tertiary/aromatic N) is 3. The molecular formula is C23H20ClN3O. The number of fused-ring (bicyclic) bond motifs is 1. The number of benzene rings is 2. The zero-order valence-corrected chi connectivity index (χ0v) is 16.3. The fraction of sp³-hybridized carbons (Fsp3) is 0.174. The highest BCUT2D eigenvalue weighted by Crippen LogP contribution is 2.27. The molecule has 0 aliphatic heterocycles. The monoisotopic (exact) mass is 389 g/mol. The normalized spacial score (nSPS) is 12.2. The third-order valence-electron chi connectivity index (χ3n) is 4.94. The lowest BCUT2D eigenvalue weighted by atomic mass is 9.89. The van der Waals surface area contributed by atoms with E-state index in [4.69, 9.17) is 16.6 Å². The Morgan fingerprint density at radius 3 is 2.64 bits per heavy atom. The van der Waals surface area contributed by atoms with E-state index in [1.807, 2.05) is 49.5 Å². The summed E-state index contributed by atoms with van der Waals surface area (Å²) < 4.78 is 1.76. The van der Waals surface area contributed by atoms with E-state index in [1.54, 1.807) is 17.0 Å². The largest absolute Gasteiger partial charge is 0.332 e. The number of carbonyl (C=O) groups is 1. The molecule has 0 aliphatic carbocycles. The van der Waals surface area contributed by atoms with E-state index in [0.29, 0.717) is 23.7 Å². The van der Waals surface area contributed by atoms with E-state index >= 15 is 0 Å². The summed E-state index contributed by atoms with van der Waals surface area (Å²) in [6.45, 7) is 0. The smallest absolute Gasteiger partial charge is 0.198 e. The number of pyridine rings is 1. The Labute approximate surface area is 168 Å². The molecule has 0 saturated heterocycles. The lowest BCUT2D eigenvalue weighted by molar-refractivity contribution is 0.0960. The topological polar surface area (TPSA) is 47.8 Å². The Morgan fingerprint density at radius 1 is 1.11 bits per heavy atom. The molecule has 28 heavy (non-hydrogen) atoms. The minimum Gasteiger partial charge on any atom is -0.332 e. The summed E-state index contributed by atoms with van der Waals surface area (Å²) >= 11 is 6.12. The summed E-state index contributed by atoms with van der Waals surface area (Å²) in [4.78, 5) is 21.8. The summed E-state index contributed by atoms with van der Waals surface area (Å²) in [7, 11) is 1.84. The Hall–Kier alpha value is -2.98. The van der Waals surface area contributed by atoms with Gasteiger partial charge in [0.2, 0.25) is 0 Å². The standard InChI is InChI=1S/C23H20ClN3O/c1-27-12-11-25-23(27)22(28)14-18(16-5-3-2-4-6-16)13-20-10-8-17-7-9-19(24)15-21(17)26-20/h2-12,15,18H,13-14H2,1H3/t18-/m1/s1. The maximum absolute atomic E-state index is 12.8. The molecule has 0 fully saturated rings. The molecule has 0 spiro atoms. The van der Waals surface area contributed by atoms with Crippen LogP contribution < -0.4 is 0 Å². The van der Waals surface area contributed by atoms with Gasteiger partial charge in [-0.2, -0.15) is 0 Å². The molecule has 2 aromatic heterocycles. The van der Waals surface area contributed by atoms with Gasteiger partial charge >= 0.3 is 0 Å². The van der Waals surface area contributed by atoms with Gasteiger partial charge in [0.15, 0.2) is 11.6 Å². The van der Waals surface area contributed by atoms with Crippen LogP contribution in [0.5, 0.6) is 0 Å². The van der Waals surface area contributed by atoms with Crippen molar-refractivity contribution in [1.29, 1.82) is 0 Å². The van der Waals surface area contributed by atoms with Crippen LogP contribution in [0.15, 0.2) is 73.1 Å². The van der Waals surface area contributed by atoms with Crippen molar-refractivity contribution < 1.29 is 4.79 Å². The molecule has 0 aliphatic rings. The average Bonchev–Trinajstić information content (AvgIpc) is 3.14. The molecular weight excluding hydrogens is 370 g/mol. The molecule has 4 rings (SSSR count). The number of aryl methyl sites for hydroxylation is 1. The van der Waals surface area contributed by atoms with Gasteiger partial charge in [-0.05, 0) is 36.1 Å². The number of Topliss-reactive ketones (excluding diaryl/α,β-unsaturated/α-hetero) is 1. The fourth-order valence-corrected chi connectivity index (χ4v) is 3.65. The molecule has 0 unspecified atom stereocenters. The number of aromatic nitrogens is 3. The van der Waals surface area contributed by atoms with Crippen molar-refractivity contribution >= 4 is 28.3 Å². The first kappa shape index (κ1) is 18.4. The van der Waals surface area contributed by atoms with Crippen molar-refractivity contribution in [2.75, 3.05) is 0 Å². The van der Waals surface area contributed by atoms with Crippen molar-refractivity contribution in [3.05, 3.63) is 95.2 Å². The minimum atomic E-state index is 0.0227. The van der Waals surface area contributed by atoms with Gasteiger partial charge in [-0.3, -0.25) is 9.78 Å². The van der Waals surface area contributed by atoms with Crippen LogP contribution in [-0.2, 0) is 13.5 Å². The number of hydrogen-bond donors (Lipinski definition) is 0. The van der Waals surface area contributed by atoms with Gasteiger partial charge in [-0.1, -0.05) is 54.1 Å². The van der Waals surface area contributed by atoms with E-state index in [1.165, 1.54) is 0 Å². The second kappa shape index (κ2) is 7.95. The number of hydrogen-bond acceptors (Lipinski definition) is 3. The number of ketones is 1. The van der Waals surface area contributed by atoms with E-state index in [-0.39, 0.29) is 11.7 Å². The SMILES string of the molecule is Cn1ccnc1C(=O)C[C@@H](Cc1ccc2ccc(Cl)cc2n1)c1ccccc1. The van der Waals surface area contributed by atoms with Crippen molar-refractivity contribution in [1.82, 2.24) is 14.5 Å². The minimum absolute atomic E-state index is 0.0227. The molecule has 1 atom stereocenters. The van der Waals surface area contributed by atoms with Gasteiger partial charge in [0.1, 0.15) is 0 Å². The van der Waals surface area contributed by atoms with Crippen LogP contribution in [0.3, 0.4) is 0 Å². The second-order valence-electron chi connectivity index (χ2n) is 6.94. The maximum Gasteiger partial charge on any atom is 0.198 e. The first-order valence-electron chi connectivity index (χ1n) is 9.21. The van der Waals surface area contributed by atoms with E-state index in [0.717, 1.165) is 22.2 Å².